The van der Waals surface area contributed by atoms with Gasteiger partial charge in [0.15, 0.2) is 5.13 Å². The lowest BCUT2D eigenvalue weighted by atomic mass is 10.1. The Morgan fingerprint density at radius 3 is 2.80 bits per heavy atom. The molecule has 0 fully saturated rings. The van der Waals surface area contributed by atoms with Crippen molar-refractivity contribution in [1.29, 1.82) is 0 Å². The number of hydrogen-bond donors (Lipinski definition) is 1. The number of thiazole rings is 1. The number of benzene rings is 2. The van der Waals surface area contributed by atoms with Gasteiger partial charge in [-0.3, -0.25) is 10.1 Å². The number of nitrogens with zero attached hydrogens (tertiary/aromatic N) is 1. The van der Waals surface area contributed by atoms with Crippen molar-refractivity contribution < 1.29 is 4.79 Å². The zero-order valence-corrected chi connectivity index (χ0v) is 16.2. The van der Waals surface area contributed by atoms with E-state index in [0.717, 1.165) is 21.3 Å². The Balaban J connectivity index is 1.59. The van der Waals surface area contributed by atoms with Crippen molar-refractivity contribution in [1.82, 2.24) is 4.98 Å². The van der Waals surface area contributed by atoms with E-state index in [9.17, 15) is 4.79 Å². The fraction of sp³-hybridized carbons (Fsp3) is 0.0526. The molecule has 0 spiro atoms. The van der Waals surface area contributed by atoms with E-state index < -0.39 is 0 Å². The highest BCUT2D eigenvalue weighted by atomic mass is 79.9. The van der Waals surface area contributed by atoms with Crippen molar-refractivity contribution >= 4 is 56.0 Å². The molecule has 0 bridgehead atoms. The van der Waals surface area contributed by atoms with Crippen LogP contribution in [0.15, 0.2) is 65.3 Å². The standard InChI is InChI=1S/C19H14BrClN2OS/c20-15-7-4-14(5-8-15)11-17-12-22-19(25-17)23-18(24)9-6-13-2-1-3-16(21)10-13/h1-10,12H,11H2,(H,22,23,24)/b9-6-. The molecule has 1 aromatic heterocycles. The van der Waals surface area contributed by atoms with Crippen LogP contribution in [0.3, 0.4) is 0 Å². The van der Waals surface area contributed by atoms with E-state index in [0.29, 0.717) is 10.2 Å². The summed E-state index contributed by atoms with van der Waals surface area (Å²) in [5, 5.41) is 4.01. The molecular formula is C19H14BrClN2OS. The van der Waals surface area contributed by atoms with Crippen LogP contribution in [0.25, 0.3) is 6.08 Å². The van der Waals surface area contributed by atoms with Gasteiger partial charge >= 0.3 is 0 Å². The first-order valence-electron chi connectivity index (χ1n) is 7.52. The van der Waals surface area contributed by atoms with E-state index in [1.165, 1.54) is 23.0 Å². The SMILES string of the molecule is O=C(/C=C\c1cccc(Cl)c1)Nc1ncc(Cc2ccc(Br)cc2)s1. The Hall–Kier alpha value is -1.95. The summed E-state index contributed by atoms with van der Waals surface area (Å²) in [6.45, 7) is 0. The maximum atomic E-state index is 12.0. The highest BCUT2D eigenvalue weighted by molar-refractivity contribution is 9.10. The van der Waals surface area contributed by atoms with Crippen LogP contribution in [-0.4, -0.2) is 10.9 Å². The molecule has 3 rings (SSSR count). The summed E-state index contributed by atoms with van der Waals surface area (Å²) < 4.78 is 1.06. The molecule has 0 aliphatic rings. The number of halogens is 2. The van der Waals surface area contributed by atoms with Crippen LogP contribution in [0.1, 0.15) is 16.0 Å². The molecule has 6 heteroatoms. The van der Waals surface area contributed by atoms with Crippen LogP contribution < -0.4 is 5.32 Å². The number of hydrogen-bond acceptors (Lipinski definition) is 3. The summed E-state index contributed by atoms with van der Waals surface area (Å²) in [6, 6.07) is 15.5. The average molecular weight is 434 g/mol. The Morgan fingerprint density at radius 2 is 2.04 bits per heavy atom. The number of amides is 1. The molecule has 25 heavy (non-hydrogen) atoms. The summed E-state index contributed by atoms with van der Waals surface area (Å²) in [5.74, 6) is -0.218. The van der Waals surface area contributed by atoms with Gasteiger partial charge in [-0.1, -0.05) is 51.8 Å². The fourth-order valence-electron chi connectivity index (χ4n) is 2.18. The molecule has 1 N–H and O–H groups in total. The monoisotopic (exact) mass is 432 g/mol. The number of rotatable bonds is 5. The van der Waals surface area contributed by atoms with Gasteiger partial charge in [-0.15, -0.1) is 11.3 Å². The fourth-order valence-corrected chi connectivity index (χ4v) is 3.49. The Labute approximate surface area is 163 Å². The minimum atomic E-state index is -0.218. The molecule has 0 aliphatic heterocycles. The predicted octanol–water partition coefficient (Wildman–Crippen LogP) is 5.80. The first-order chi connectivity index (χ1) is 12.1. The Kier molecular flexibility index (Phi) is 6.02. The van der Waals surface area contributed by atoms with Crippen molar-refractivity contribution in [3.8, 4) is 0 Å². The first kappa shape index (κ1) is 17.9. The van der Waals surface area contributed by atoms with Crippen LogP contribution in [0.4, 0.5) is 5.13 Å². The number of nitrogens with one attached hydrogen (secondary N) is 1. The third-order valence-corrected chi connectivity index (χ3v) is 5.03. The van der Waals surface area contributed by atoms with Gasteiger partial charge in [0.05, 0.1) is 0 Å². The van der Waals surface area contributed by atoms with Gasteiger partial charge < -0.3 is 0 Å². The van der Waals surface area contributed by atoms with Crippen LogP contribution in [0.2, 0.25) is 5.02 Å². The van der Waals surface area contributed by atoms with Gasteiger partial charge in [0, 0.05) is 33.1 Å². The van der Waals surface area contributed by atoms with Crippen molar-refractivity contribution in [2.75, 3.05) is 5.32 Å². The molecule has 1 amide bonds. The van der Waals surface area contributed by atoms with Gasteiger partial charge in [-0.25, -0.2) is 4.98 Å². The van der Waals surface area contributed by atoms with Gasteiger partial charge in [-0.05, 0) is 41.5 Å². The highest BCUT2D eigenvalue weighted by Gasteiger charge is 2.05. The first-order valence-corrected chi connectivity index (χ1v) is 9.51. The molecule has 2 aromatic carbocycles. The molecule has 0 saturated heterocycles. The van der Waals surface area contributed by atoms with Crippen LogP contribution >= 0.6 is 38.9 Å². The number of aromatic nitrogens is 1. The second kappa shape index (κ2) is 8.43. The zero-order chi connectivity index (χ0) is 17.6. The molecule has 0 saturated carbocycles. The van der Waals surface area contributed by atoms with Crippen LogP contribution in [-0.2, 0) is 11.2 Å². The van der Waals surface area contributed by atoms with E-state index in [1.807, 2.05) is 24.3 Å². The van der Waals surface area contributed by atoms with Crippen LogP contribution in [0.5, 0.6) is 0 Å². The molecule has 0 atom stereocenters. The minimum absolute atomic E-state index is 0.218. The second-order valence-electron chi connectivity index (χ2n) is 5.31. The number of anilines is 1. The molecule has 0 radical (unpaired) electrons. The van der Waals surface area contributed by atoms with E-state index in [-0.39, 0.29) is 5.91 Å². The smallest absolute Gasteiger partial charge is 0.250 e. The molecule has 3 nitrogen and oxygen atoms in total. The number of carbonyl (C=O) groups excluding carboxylic acids is 1. The molecule has 0 aliphatic carbocycles. The van der Waals surface area contributed by atoms with Gasteiger partial charge in [0.2, 0.25) is 5.91 Å². The third kappa shape index (κ3) is 5.53. The van der Waals surface area contributed by atoms with Crippen LogP contribution in [0, 0.1) is 0 Å². The number of carbonyl (C=O) groups is 1. The quantitative estimate of drug-likeness (QED) is 0.517. The lowest BCUT2D eigenvalue weighted by Gasteiger charge is -1.98. The maximum Gasteiger partial charge on any atom is 0.250 e. The van der Waals surface area contributed by atoms with Crippen molar-refractivity contribution in [2.24, 2.45) is 0 Å². The predicted molar refractivity (Wildman–Crippen MR) is 108 cm³/mol. The highest BCUT2D eigenvalue weighted by Crippen LogP contribution is 2.22. The molecular weight excluding hydrogens is 420 g/mol. The Morgan fingerprint density at radius 1 is 1.24 bits per heavy atom. The van der Waals surface area contributed by atoms with Crippen molar-refractivity contribution in [3.05, 3.63) is 86.3 Å². The summed E-state index contributed by atoms with van der Waals surface area (Å²) in [7, 11) is 0. The molecule has 3 aromatic rings. The lowest BCUT2D eigenvalue weighted by molar-refractivity contribution is -0.111. The lowest BCUT2D eigenvalue weighted by Crippen LogP contribution is -2.07. The summed E-state index contributed by atoms with van der Waals surface area (Å²) in [6.07, 6.45) is 5.78. The summed E-state index contributed by atoms with van der Waals surface area (Å²) >= 11 is 10.8. The average Bonchev–Trinajstić information content (AvgIpc) is 3.02. The van der Waals surface area contributed by atoms with Gasteiger partial charge in [-0.2, -0.15) is 0 Å². The normalized spacial score (nSPS) is 11.0. The maximum absolute atomic E-state index is 12.0. The van der Waals surface area contributed by atoms with E-state index in [2.05, 4.69) is 38.4 Å². The third-order valence-electron chi connectivity index (χ3n) is 3.35. The van der Waals surface area contributed by atoms with E-state index >= 15 is 0 Å². The second-order valence-corrected chi connectivity index (χ2v) is 7.78. The van der Waals surface area contributed by atoms with E-state index in [1.54, 1.807) is 24.4 Å². The summed E-state index contributed by atoms with van der Waals surface area (Å²) in [4.78, 5) is 17.4. The van der Waals surface area contributed by atoms with Gasteiger partial charge in [0.25, 0.3) is 0 Å². The topological polar surface area (TPSA) is 42.0 Å². The van der Waals surface area contributed by atoms with E-state index in [4.69, 9.17) is 11.6 Å². The summed E-state index contributed by atoms with van der Waals surface area (Å²) in [5.41, 5.74) is 2.07. The Bertz CT molecular complexity index is 906. The van der Waals surface area contributed by atoms with Crippen molar-refractivity contribution in [3.63, 3.8) is 0 Å². The zero-order valence-electron chi connectivity index (χ0n) is 13.1. The largest absolute Gasteiger partial charge is 0.298 e. The van der Waals surface area contributed by atoms with Crippen molar-refractivity contribution in [2.45, 2.75) is 6.42 Å². The molecule has 0 unspecified atom stereocenters. The molecule has 1 heterocycles. The molecule has 126 valence electrons. The minimum Gasteiger partial charge on any atom is -0.298 e. The van der Waals surface area contributed by atoms with Gasteiger partial charge in [0.1, 0.15) is 0 Å².